The Kier molecular flexibility index (Phi) is 4.44. The van der Waals surface area contributed by atoms with Crippen molar-refractivity contribution in [1.82, 2.24) is 9.78 Å². The minimum atomic E-state index is -0.246. The number of aromatic nitrogens is 2. The zero-order valence-corrected chi connectivity index (χ0v) is 13.4. The summed E-state index contributed by atoms with van der Waals surface area (Å²) in [5.74, 6) is 0.404. The Labute approximate surface area is 139 Å². The first-order chi connectivity index (χ1) is 11.1. The zero-order chi connectivity index (χ0) is 16.2. The molecule has 1 amide bonds. The van der Waals surface area contributed by atoms with Crippen LogP contribution >= 0.6 is 11.6 Å². The molecule has 0 atom stereocenters. The summed E-state index contributed by atoms with van der Waals surface area (Å²) >= 11 is 6.08. The highest BCUT2D eigenvalue weighted by Gasteiger charge is 2.13. The first-order valence-corrected chi connectivity index (χ1v) is 7.65. The maximum atomic E-state index is 12.4. The SMILES string of the molecule is Cc1cc(NC(=O)c2ccccc2Cl)n(Cc2ccccc2)n1. The van der Waals surface area contributed by atoms with E-state index >= 15 is 0 Å². The average Bonchev–Trinajstić information content (AvgIpc) is 2.88. The van der Waals surface area contributed by atoms with Gasteiger partial charge in [0.15, 0.2) is 0 Å². The minimum Gasteiger partial charge on any atom is -0.307 e. The number of aryl methyl sites for hydroxylation is 1. The average molecular weight is 326 g/mol. The van der Waals surface area contributed by atoms with Crippen LogP contribution in [0.5, 0.6) is 0 Å². The highest BCUT2D eigenvalue weighted by Crippen LogP contribution is 2.18. The van der Waals surface area contributed by atoms with E-state index in [1.165, 1.54) is 0 Å². The lowest BCUT2D eigenvalue weighted by molar-refractivity contribution is 0.102. The number of nitrogens with zero attached hydrogens (tertiary/aromatic N) is 2. The molecule has 2 aromatic carbocycles. The molecular formula is C18H16ClN3O. The van der Waals surface area contributed by atoms with E-state index in [-0.39, 0.29) is 5.91 Å². The van der Waals surface area contributed by atoms with Crippen LogP contribution in [-0.2, 0) is 6.54 Å². The molecule has 0 fully saturated rings. The summed E-state index contributed by atoms with van der Waals surface area (Å²) in [6.45, 7) is 2.49. The van der Waals surface area contributed by atoms with Gasteiger partial charge in [0.25, 0.3) is 5.91 Å². The van der Waals surface area contributed by atoms with Gasteiger partial charge >= 0.3 is 0 Å². The molecule has 23 heavy (non-hydrogen) atoms. The number of amides is 1. The Morgan fingerprint density at radius 1 is 1.13 bits per heavy atom. The standard InChI is InChI=1S/C18H16ClN3O/c1-13-11-17(20-18(23)15-9-5-6-10-16(15)19)22(21-13)12-14-7-3-2-4-8-14/h2-11H,12H2,1H3,(H,20,23). The second-order valence-electron chi connectivity index (χ2n) is 5.25. The van der Waals surface area contributed by atoms with Gasteiger partial charge in [0.1, 0.15) is 5.82 Å². The smallest absolute Gasteiger partial charge is 0.258 e. The Bertz CT molecular complexity index is 827. The van der Waals surface area contributed by atoms with Crippen LogP contribution in [0.15, 0.2) is 60.7 Å². The summed E-state index contributed by atoms with van der Waals surface area (Å²) in [7, 11) is 0. The highest BCUT2D eigenvalue weighted by molar-refractivity contribution is 6.34. The molecule has 1 aromatic heterocycles. The van der Waals surface area contributed by atoms with Gasteiger partial charge in [-0.2, -0.15) is 5.10 Å². The van der Waals surface area contributed by atoms with E-state index in [0.29, 0.717) is 22.9 Å². The maximum absolute atomic E-state index is 12.4. The van der Waals surface area contributed by atoms with Crippen LogP contribution in [-0.4, -0.2) is 15.7 Å². The highest BCUT2D eigenvalue weighted by atomic mass is 35.5. The van der Waals surface area contributed by atoms with Gasteiger partial charge in [-0.15, -0.1) is 0 Å². The van der Waals surface area contributed by atoms with Gasteiger partial charge in [-0.25, -0.2) is 4.68 Å². The molecule has 0 bridgehead atoms. The molecule has 0 spiro atoms. The van der Waals surface area contributed by atoms with Crippen molar-refractivity contribution in [2.24, 2.45) is 0 Å². The van der Waals surface area contributed by atoms with Crippen molar-refractivity contribution in [3.63, 3.8) is 0 Å². The van der Waals surface area contributed by atoms with E-state index in [1.807, 2.05) is 43.3 Å². The molecule has 3 aromatic rings. The van der Waals surface area contributed by atoms with E-state index in [2.05, 4.69) is 10.4 Å². The predicted octanol–water partition coefficient (Wildman–Crippen LogP) is 4.15. The molecular weight excluding hydrogens is 310 g/mol. The normalized spacial score (nSPS) is 10.5. The van der Waals surface area contributed by atoms with Crippen LogP contribution in [0.25, 0.3) is 0 Å². The lowest BCUT2D eigenvalue weighted by Gasteiger charge is -2.10. The molecule has 0 saturated carbocycles. The van der Waals surface area contributed by atoms with Gasteiger partial charge in [-0.1, -0.05) is 54.1 Å². The molecule has 1 N–H and O–H groups in total. The quantitative estimate of drug-likeness (QED) is 0.783. The van der Waals surface area contributed by atoms with Gasteiger partial charge in [0.05, 0.1) is 22.8 Å². The predicted molar refractivity (Wildman–Crippen MR) is 91.9 cm³/mol. The Hall–Kier alpha value is -2.59. The van der Waals surface area contributed by atoms with E-state index in [4.69, 9.17) is 11.6 Å². The van der Waals surface area contributed by atoms with Crippen LogP contribution in [0.4, 0.5) is 5.82 Å². The third-order valence-electron chi connectivity index (χ3n) is 3.44. The van der Waals surface area contributed by atoms with E-state index in [0.717, 1.165) is 11.3 Å². The fraction of sp³-hybridized carbons (Fsp3) is 0.111. The lowest BCUT2D eigenvalue weighted by atomic mass is 10.2. The molecule has 0 aliphatic heterocycles. The topological polar surface area (TPSA) is 46.9 Å². The maximum Gasteiger partial charge on any atom is 0.258 e. The van der Waals surface area contributed by atoms with Gasteiger partial charge in [0.2, 0.25) is 0 Å². The van der Waals surface area contributed by atoms with Crippen LogP contribution in [0.2, 0.25) is 5.02 Å². The number of hydrogen-bond donors (Lipinski definition) is 1. The molecule has 0 aliphatic rings. The molecule has 1 heterocycles. The Balaban J connectivity index is 1.83. The summed E-state index contributed by atoms with van der Waals surface area (Å²) in [6.07, 6.45) is 0. The van der Waals surface area contributed by atoms with Crippen molar-refractivity contribution in [2.45, 2.75) is 13.5 Å². The van der Waals surface area contributed by atoms with Crippen molar-refractivity contribution >= 4 is 23.3 Å². The van der Waals surface area contributed by atoms with Crippen LogP contribution in [0.3, 0.4) is 0 Å². The fourth-order valence-corrected chi connectivity index (χ4v) is 2.57. The van der Waals surface area contributed by atoms with Gasteiger partial charge in [-0.05, 0) is 24.6 Å². The second-order valence-corrected chi connectivity index (χ2v) is 5.66. The van der Waals surface area contributed by atoms with E-state index in [9.17, 15) is 4.79 Å². The summed E-state index contributed by atoms with van der Waals surface area (Å²) in [5.41, 5.74) is 2.40. The van der Waals surface area contributed by atoms with Crippen molar-refractivity contribution in [3.8, 4) is 0 Å². The molecule has 0 radical (unpaired) electrons. The van der Waals surface area contributed by atoms with Gasteiger partial charge in [-0.3, -0.25) is 4.79 Å². The molecule has 116 valence electrons. The van der Waals surface area contributed by atoms with Crippen molar-refractivity contribution in [2.75, 3.05) is 5.32 Å². The summed E-state index contributed by atoms with van der Waals surface area (Å²) in [4.78, 5) is 12.4. The Morgan fingerprint density at radius 3 is 2.57 bits per heavy atom. The zero-order valence-electron chi connectivity index (χ0n) is 12.7. The Morgan fingerprint density at radius 2 is 1.83 bits per heavy atom. The third kappa shape index (κ3) is 3.60. The number of rotatable bonds is 4. The summed E-state index contributed by atoms with van der Waals surface area (Å²) in [5, 5.41) is 7.76. The second kappa shape index (κ2) is 6.67. The van der Waals surface area contributed by atoms with Crippen molar-refractivity contribution in [3.05, 3.63) is 82.5 Å². The minimum absolute atomic E-state index is 0.246. The summed E-state index contributed by atoms with van der Waals surface area (Å²) < 4.78 is 1.78. The molecule has 0 saturated heterocycles. The van der Waals surface area contributed by atoms with Gasteiger partial charge in [0, 0.05) is 6.07 Å². The number of carbonyl (C=O) groups excluding carboxylic acids is 1. The van der Waals surface area contributed by atoms with Crippen molar-refractivity contribution < 1.29 is 4.79 Å². The van der Waals surface area contributed by atoms with Crippen LogP contribution in [0.1, 0.15) is 21.6 Å². The number of hydrogen-bond acceptors (Lipinski definition) is 2. The molecule has 4 nitrogen and oxygen atoms in total. The molecule has 5 heteroatoms. The first kappa shape index (κ1) is 15.3. The third-order valence-corrected chi connectivity index (χ3v) is 3.77. The number of halogens is 1. The van der Waals surface area contributed by atoms with Crippen LogP contribution in [0, 0.1) is 6.92 Å². The summed E-state index contributed by atoms with van der Waals surface area (Å²) in [6, 6.07) is 18.8. The molecule has 0 unspecified atom stereocenters. The first-order valence-electron chi connectivity index (χ1n) is 7.28. The monoisotopic (exact) mass is 325 g/mol. The number of anilines is 1. The molecule has 3 rings (SSSR count). The van der Waals surface area contributed by atoms with E-state index < -0.39 is 0 Å². The van der Waals surface area contributed by atoms with Crippen LogP contribution < -0.4 is 5.32 Å². The van der Waals surface area contributed by atoms with Crippen molar-refractivity contribution in [1.29, 1.82) is 0 Å². The largest absolute Gasteiger partial charge is 0.307 e. The van der Waals surface area contributed by atoms with E-state index in [1.54, 1.807) is 28.9 Å². The lowest BCUT2D eigenvalue weighted by Crippen LogP contribution is -2.16. The number of nitrogens with one attached hydrogen (secondary N) is 1. The number of benzene rings is 2. The number of carbonyl (C=O) groups is 1. The fourth-order valence-electron chi connectivity index (χ4n) is 2.35. The van der Waals surface area contributed by atoms with Gasteiger partial charge < -0.3 is 5.32 Å². The molecule has 0 aliphatic carbocycles.